The Labute approximate surface area is 151 Å². The highest BCUT2D eigenvalue weighted by Gasteiger charge is 2.27. The van der Waals surface area contributed by atoms with Gasteiger partial charge >= 0.3 is 6.61 Å². The van der Waals surface area contributed by atoms with E-state index in [-0.39, 0.29) is 11.5 Å². The molecule has 0 spiro atoms. The fourth-order valence-corrected chi connectivity index (χ4v) is 3.72. The van der Waals surface area contributed by atoms with Crippen molar-refractivity contribution in [2.75, 3.05) is 24.9 Å². The van der Waals surface area contributed by atoms with Crippen molar-refractivity contribution in [2.24, 2.45) is 0 Å². The standard InChI is InChI=1S/C16H17F2N3O4S/c1-23-13-5-6-19-12(14(13)24-2)8-26(22)16-20-10-4-3-9(25-15(17)18)7-11(10)21-16/h3-7,15-16,20-21H,8H2,1-2H3/t16-,26-/m1/s1. The second-order valence-electron chi connectivity index (χ2n) is 5.27. The summed E-state index contributed by atoms with van der Waals surface area (Å²) in [6.45, 7) is -2.90. The maximum atomic E-state index is 12.7. The molecule has 1 aliphatic heterocycles. The third-order valence-corrected chi connectivity index (χ3v) is 5.02. The van der Waals surface area contributed by atoms with E-state index in [1.807, 2.05) is 0 Å². The molecule has 1 aromatic heterocycles. The number of pyridine rings is 1. The van der Waals surface area contributed by atoms with Gasteiger partial charge in [0.2, 0.25) is 0 Å². The van der Waals surface area contributed by atoms with E-state index < -0.39 is 22.9 Å². The number of alkyl halides is 2. The second kappa shape index (κ2) is 7.73. The molecule has 3 rings (SSSR count). The van der Waals surface area contributed by atoms with Crippen LogP contribution in [0, 0.1) is 0 Å². The van der Waals surface area contributed by atoms with Crippen molar-refractivity contribution in [3.63, 3.8) is 0 Å². The van der Waals surface area contributed by atoms with Gasteiger partial charge in [-0.1, -0.05) is 0 Å². The third kappa shape index (κ3) is 3.79. The largest absolute Gasteiger partial charge is 0.493 e. The summed E-state index contributed by atoms with van der Waals surface area (Å²) in [5.41, 5.74) is 1.07. The lowest BCUT2D eigenvalue weighted by atomic mass is 10.2. The number of hydrogen-bond acceptors (Lipinski definition) is 7. The Morgan fingerprint density at radius 1 is 1.19 bits per heavy atom. The van der Waals surface area contributed by atoms with Crippen LogP contribution in [0.5, 0.6) is 17.2 Å². The fourth-order valence-electron chi connectivity index (χ4n) is 2.57. The van der Waals surface area contributed by atoms with Gasteiger partial charge in [0.05, 0.1) is 47.8 Å². The van der Waals surface area contributed by atoms with Crippen molar-refractivity contribution in [1.82, 2.24) is 4.98 Å². The number of halogens is 2. The normalized spacial score (nSPS) is 16.4. The summed E-state index contributed by atoms with van der Waals surface area (Å²) in [5, 5.41) is 6.05. The zero-order valence-electron chi connectivity index (χ0n) is 14.0. The molecule has 26 heavy (non-hydrogen) atoms. The van der Waals surface area contributed by atoms with E-state index in [1.54, 1.807) is 18.3 Å². The van der Waals surface area contributed by atoms with Crippen LogP contribution in [-0.4, -0.2) is 35.5 Å². The van der Waals surface area contributed by atoms with Crippen LogP contribution in [0.3, 0.4) is 0 Å². The predicted octanol–water partition coefficient (Wildman–Crippen LogP) is 2.77. The summed E-state index contributed by atoms with van der Waals surface area (Å²) in [4.78, 5) is 4.21. The molecule has 7 nitrogen and oxygen atoms in total. The third-order valence-electron chi connectivity index (χ3n) is 3.70. The van der Waals surface area contributed by atoms with Crippen molar-refractivity contribution < 1.29 is 27.2 Å². The topological polar surface area (TPSA) is 81.7 Å². The lowest BCUT2D eigenvalue weighted by molar-refractivity contribution is -0.0497. The summed E-state index contributed by atoms with van der Waals surface area (Å²) < 4.78 is 52.2. The number of ether oxygens (including phenoxy) is 3. The van der Waals surface area contributed by atoms with Crippen LogP contribution < -0.4 is 24.8 Å². The summed E-state index contributed by atoms with van der Waals surface area (Å²) in [6, 6.07) is 6.08. The summed E-state index contributed by atoms with van der Waals surface area (Å²) >= 11 is 0. The summed E-state index contributed by atoms with van der Waals surface area (Å²) in [6.07, 6.45) is 1.55. The van der Waals surface area contributed by atoms with Crippen molar-refractivity contribution in [3.05, 3.63) is 36.2 Å². The van der Waals surface area contributed by atoms with Crippen LogP contribution in [0.2, 0.25) is 0 Å². The molecule has 1 aliphatic rings. The Kier molecular flexibility index (Phi) is 5.40. The Balaban J connectivity index is 1.72. The average molecular weight is 385 g/mol. The van der Waals surface area contributed by atoms with Gasteiger partial charge in [0.25, 0.3) is 0 Å². The molecule has 0 bridgehead atoms. The Bertz CT molecular complexity index is 822. The van der Waals surface area contributed by atoms with Gasteiger partial charge in [-0.3, -0.25) is 9.19 Å². The van der Waals surface area contributed by atoms with Crippen molar-refractivity contribution in [3.8, 4) is 17.2 Å². The lowest BCUT2D eigenvalue weighted by Crippen LogP contribution is -2.28. The van der Waals surface area contributed by atoms with E-state index in [0.717, 1.165) is 0 Å². The number of nitrogens with one attached hydrogen (secondary N) is 2. The number of hydrogen-bond donors (Lipinski definition) is 2. The van der Waals surface area contributed by atoms with E-state index in [1.165, 1.54) is 26.4 Å². The molecular weight excluding hydrogens is 368 g/mol. The van der Waals surface area contributed by atoms with Gasteiger partial charge in [0, 0.05) is 18.3 Å². The van der Waals surface area contributed by atoms with E-state index in [0.29, 0.717) is 28.6 Å². The van der Waals surface area contributed by atoms with Gasteiger partial charge in [0.15, 0.2) is 17.0 Å². The highest BCUT2D eigenvalue weighted by atomic mass is 32.2. The molecule has 140 valence electrons. The van der Waals surface area contributed by atoms with Gasteiger partial charge in [-0.15, -0.1) is 0 Å². The molecule has 1 aromatic carbocycles. The van der Waals surface area contributed by atoms with Crippen LogP contribution in [0.1, 0.15) is 5.69 Å². The first-order chi connectivity index (χ1) is 12.5. The lowest BCUT2D eigenvalue weighted by Gasteiger charge is -2.14. The zero-order valence-corrected chi connectivity index (χ0v) is 14.8. The maximum absolute atomic E-state index is 12.7. The molecular formula is C16H17F2N3O4S. The molecule has 2 aromatic rings. The molecule has 0 unspecified atom stereocenters. The molecule has 0 saturated carbocycles. The van der Waals surface area contributed by atoms with Crippen LogP contribution in [-0.2, 0) is 16.6 Å². The number of nitrogens with zero attached hydrogens (tertiary/aromatic N) is 1. The Morgan fingerprint density at radius 3 is 2.65 bits per heavy atom. The van der Waals surface area contributed by atoms with Crippen LogP contribution in [0.4, 0.5) is 20.2 Å². The van der Waals surface area contributed by atoms with E-state index in [2.05, 4.69) is 20.4 Å². The number of methoxy groups -OCH3 is 2. The first kappa shape index (κ1) is 18.2. The predicted molar refractivity (Wildman–Crippen MR) is 93.3 cm³/mol. The van der Waals surface area contributed by atoms with Crippen LogP contribution in [0.15, 0.2) is 30.5 Å². The molecule has 10 heteroatoms. The Morgan fingerprint density at radius 2 is 1.96 bits per heavy atom. The number of benzene rings is 1. The smallest absolute Gasteiger partial charge is 0.387 e. The molecule has 0 fully saturated rings. The summed E-state index contributed by atoms with van der Waals surface area (Å²) in [7, 11) is 1.57. The van der Waals surface area contributed by atoms with Gasteiger partial charge in [-0.2, -0.15) is 8.78 Å². The number of fused-ring (bicyclic) bond motifs is 1. The second-order valence-corrected chi connectivity index (χ2v) is 6.79. The van der Waals surface area contributed by atoms with E-state index in [4.69, 9.17) is 9.47 Å². The highest BCUT2D eigenvalue weighted by molar-refractivity contribution is 7.85. The van der Waals surface area contributed by atoms with E-state index >= 15 is 0 Å². The molecule has 0 aliphatic carbocycles. The molecule has 2 N–H and O–H groups in total. The van der Waals surface area contributed by atoms with Crippen molar-refractivity contribution in [2.45, 2.75) is 17.9 Å². The molecule has 0 amide bonds. The first-order valence-electron chi connectivity index (χ1n) is 7.56. The van der Waals surface area contributed by atoms with Crippen molar-refractivity contribution >= 4 is 22.2 Å². The van der Waals surface area contributed by atoms with Crippen LogP contribution in [0.25, 0.3) is 0 Å². The summed E-state index contributed by atoms with van der Waals surface area (Å²) in [5.74, 6) is 1.06. The minimum atomic E-state index is -2.90. The van der Waals surface area contributed by atoms with E-state index in [9.17, 15) is 13.0 Å². The number of rotatable bonds is 7. The first-order valence-corrected chi connectivity index (χ1v) is 8.95. The Hall–Kier alpha value is -2.62. The van der Waals surface area contributed by atoms with Crippen LogP contribution >= 0.6 is 0 Å². The SMILES string of the molecule is COc1ccnc(C[S@@](=O)[C@@H]2Nc3ccc(OC(F)F)cc3N2)c1OC. The molecule has 0 radical (unpaired) electrons. The van der Waals surface area contributed by atoms with Gasteiger partial charge in [0.1, 0.15) is 5.75 Å². The van der Waals surface area contributed by atoms with Gasteiger partial charge in [-0.05, 0) is 12.1 Å². The monoisotopic (exact) mass is 385 g/mol. The zero-order chi connectivity index (χ0) is 18.7. The minimum Gasteiger partial charge on any atom is -0.493 e. The number of anilines is 2. The van der Waals surface area contributed by atoms with Crippen molar-refractivity contribution in [1.29, 1.82) is 0 Å². The van der Waals surface area contributed by atoms with Gasteiger partial charge < -0.3 is 24.8 Å². The molecule has 0 saturated heterocycles. The average Bonchev–Trinajstić information content (AvgIpc) is 3.04. The molecule has 2 atom stereocenters. The minimum absolute atomic E-state index is 0.0237. The number of aromatic nitrogens is 1. The maximum Gasteiger partial charge on any atom is 0.387 e. The fraction of sp³-hybridized carbons (Fsp3) is 0.312. The quantitative estimate of drug-likeness (QED) is 0.758. The highest BCUT2D eigenvalue weighted by Crippen LogP contribution is 2.35. The molecule has 2 heterocycles. The van der Waals surface area contributed by atoms with Gasteiger partial charge in [-0.25, -0.2) is 0 Å².